The van der Waals surface area contributed by atoms with Gasteiger partial charge in [-0.2, -0.15) is 0 Å². The van der Waals surface area contributed by atoms with Crippen molar-refractivity contribution < 1.29 is 23.8 Å². The van der Waals surface area contributed by atoms with Crippen LogP contribution in [0, 0.1) is 13.8 Å². The van der Waals surface area contributed by atoms with E-state index >= 15 is 0 Å². The van der Waals surface area contributed by atoms with Gasteiger partial charge in [0.25, 0.3) is 5.91 Å². The van der Waals surface area contributed by atoms with Gasteiger partial charge in [-0.25, -0.2) is 0 Å². The first-order valence-electron chi connectivity index (χ1n) is 9.58. The molecule has 2 aromatic rings. The van der Waals surface area contributed by atoms with E-state index in [9.17, 15) is 9.59 Å². The first kappa shape index (κ1) is 22.3. The van der Waals surface area contributed by atoms with Crippen molar-refractivity contribution in [2.24, 2.45) is 0 Å². The second-order valence-corrected chi connectivity index (χ2v) is 6.85. The van der Waals surface area contributed by atoms with Crippen molar-refractivity contribution in [2.45, 2.75) is 33.7 Å². The molecule has 2 rings (SSSR count). The second kappa shape index (κ2) is 10.5. The number of ether oxygens (including phenoxy) is 3. The molecule has 0 saturated carbocycles. The molecule has 0 fully saturated rings. The van der Waals surface area contributed by atoms with E-state index in [0.717, 1.165) is 16.7 Å². The Morgan fingerprint density at radius 3 is 2.21 bits per heavy atom. The monoisotopic (exact) mass is 399 g/mol. The van der Waals surface area contributed by atoms with Gasteiger partial charge >= 0.3 is 5.97 Å². The third-order valence-corrected chi connectivity index (χ3v) is 4.83. The third-order valence-electron chi connectivity index (χ3n) is 4.83. The number of aryl methyl sites for hydroxylation is 2. The number of carbonyl (C=O) groups is 2. The van der Waals surface area contributed by atoms with Gasteiger partial charge in [0.1, 0.15) is 0 Å². The minimum atomic E-state index is -0.413. The second-order valence-electron chi connectivity index (χ2n) is 6.85. The maximum absolute atomic E-state index is 12.5. The Kier molecular flexibility index (Phi) is 8.07. The average molecular weight is 399 g/mol. The summed E-state index contributed by atoms with van der Waals surface area (Å²) in [5.41, 5.74) is 4.08. The zero-order chi connectivity index (χ0) is 21.4. The predicted octanol–water partition coefficient (Wildman–Crippen LogP) is 3.46. The molecule has 0 N–H and O–H groups in total. The van der Waals surface area contributed by atoms with Crippen LogP contribution >= 0.6 is 0 Å². The molecule has 0 bridgehead atoms. The summed E-state index contributed by atoms with van der Waals surface area (Å²) in [5.74, 6) is 0.582. The van der Waals surface area contributed by atoms with Crippen molar-refractivity contribution in [3.05, 3.63) is 58.7 Å². The summed E-state index contributed by atoms with van der Waals surface area (Å²) >= 11 is 0. The van der Waals surface area contributed by atoms with E-state index in [1.165, 1.54) is 5.56 Å². The highest BCUT2D eigenvalue weighted by Crippen LogP contribution is 2.28. The number of nitrogens with zero attached hydrogens (tertiary/aromatic N) is 1. The van der Waals surface area contributed by atoms with Crippen LogP contribution in [0.2, 0.25) is 0 Å². The zero-order valence-corrected chi connectivity index (χ0v) is 17.8. The van der Waals surface area contributed by atoms with Crippen LogP contribution in [0.4, 0.5) is 0 Å². The lowest BCUT2D eigenvalue weighted by Crippen LogP contribution is -2.34. The molecule has 0 radical (unpaired) electrons. The van der Waals surface area contributed by atoms with Crippen LogP contribution in [0.3, 0.4) is 0 Å². The minimum absolute atomic E-state index is 0.149. The van der Waals surface area contributed by atoms with Crippen molar-refractivity contribution in [3.8, 4) is 11.5 Å². The highest BCUT2D eigenvalue weighted by molar-refractivity contribution is 5.81. The Morgan fingerprint density at radius 1 is 0.897 bits per heavy atom. The maximum atomic E-state index is 12.5. The maximum Gasteiger partial charge on any atom is 0.310 e. The Hall–Kier alpha value is -3.02. The molecule has 6 heteroatoms. The van der Waals surface area contributed by atoms with Crippen LogP contribution in [0.5, 0.6) is 11.5 Å². The summed E-state index contributed by atoms with van der Waals surface area (Å²) in [6.45, 7) is 6.53. The third kappa shape index (κ3) is 6.24. The lowest BCUT2D eigenvalue weighted by atomic mass is 10.0. The quantitative estimate of drug-likeness (QED) is 0.604. The van der Waals surface area contributed by atoms with Crippen molar-refractivity contribution in [1.82, 2.24) is 4.90 Å². The van der Waals surface area contributed by atoms with Gasteiger partial charge in [0, 0.05) is 13.1 Å². The van der Waals surface area contributed by atoms with E-state index in [1.54, 1.807) is 25.2 Å². The molecule has 0 aromatic heterocycles. The molecule has 0 aliphatic rings. The molecule has 2 aromatic carbocycles. The molecule has 0 atom stereocenters. The van der Waals surface area contributed by atoms with Crippen LogP contribution in [0.15, 0.2) is 36.4 Å². The van der Waals surface area contributed by atoms with E-state index < -0.39 is 5.97 Å². The fourth-order valence-corrected chi connectivity index (χ4v) is 2.94. The SMILES string of the molecule is CCN(Cc1ccc(OC)c(OC)c1)C(=O)COC(=O)Cc1ccc(C)c(C)c1. The van der Waals surface area contributed by atoms with Gasteiger partial charge in [0.2, 0.25) is 0 Å². The molecule has 6 nitrogen and oxygen atoms in total. The van der Waals surface area contributed by atoms with Gasteiger partial charge in [0.15, 0.2) is 18.1 Å². The summed E-state index contributed by atoms with van der Waals surface area (Å²) in [5, 5.41) is 0. The molecule has 0 saturated heterocycles. The lowest BCUT2D eigenvalue weighted by molar-refractivity contribution is -0.151. The molecular weight excluding hydrogens is 370 g/mol. The standard InChI is InChI=1S/C23H29NO5/c1-6-24(14-19-9-10-20(27-4)21(12-19)28-5)22(25)15-29-23(26)13-18-8-7-16(2)17(3)11-18/h7-12H,6,13-15H2,1-5H3. The molecule has 0 heterocycles. The van der Waals surface area contributed by atoms with Crippen molar-refractivity contribution in [2.75, 3.05) is 27.4 Å². The number of hydrogen-bond acceptors (Lipinski definition) is 5. The number of benzene rings is 2. The average Bonchev–Trinajstić information content (AvgIpc) is 2.72. The topological polar surface area (TPSA) is 65.1 Å². The van der Waals surface area contributed by atoms with Gasteiger partial charge in [-0.15, -0.1) is 0 Å². The fraction of sp³-hybridized carbons (Fsp3) is 0.391. The molecule has 0 aliphatic carbocycles. The molecule has 0 aliphatic heterocycles. The Morgan fingerprint density at radius 2 is 1.59 bits per heavy atom. The summed E-state index contributed by atoms with van der Waals surface area (Å²) in [7, 11) is 3.14. The van der Waals surface area contributed by atoms with Crippen LogP contribution in [-0.4, -0.2) is 44.1 Å². The first-order valence-corrected chi connectivity index (χ1v) is 9.58. The lowest BCUT2D eigenvalue weighted by Gasteiger charge is -2.21. The summed E-state index contributed by atoms with van der Waals surface area (Å²) in [6.07, 6.45) is 0.149. The van der Waals surface area contributed by atoms with Gasteiger partial charge in [-0.1, -0.05) is 24.3 Å². The van der Waals surface area contributed by atoms with Crippen molar-refractivity contribution in [1.29, 1.82) is 0 Å². The van der Waals surface area contributed by atoms with Gasteiger partial charge < -0.3 is 19.1 Å². The van der Waals surface area contributed by atoms with Gasteiger partial charge in [-0.3, -0.25) is 9.59 Å². The van der Waals surface area contributed by atoms with E-state index in [1.807, 2.05) is 51.1 Å². The van der Waals surface area contributed by atoms with Gasteiger partial charge in [-0.05, 0) is 55.2 Å². The number of esters is 1. The Labute approximate surface area is 172 Å². The number of methoxy groups -OCH3 is 2. The fourth-order valence-electron chi connectivity index (χ4n) is 2.94. The Bertz CT molecular complexity index is 862. The number of hydrogen-bond donors (Lipinski definition) is 0. The van der Waals surface area contributed by atoms with E-state index in [0.29, 0.717) is 24.6 Å². The molecule has 156 valence electrons. The summed E-state index contributed by atoms with van der Waals surface area (Å²) < 4.78 is 15.7. The molecular formula is C23H29NO5. The molecule has 29 heavy (non-hydrogen) atoms. The normalized spacial score (nSPS) is 10.4. The van der Waals surface area contributed by atoms with E-state index in [-0.39, 0.29) is 18.9 Å². The molecule has 1 amide bonds. The number of likely N-dealkylation sites (N-methyl/N-ethyl adjacent to an activating group) is 1. The van der Waals surface area contributed by atoms with Crippen LogP contribution < -0.4 is 9.47 Å². The number of rotatable bonds is 9. The number of carbonyl (C=O) groups excluding carboxylic acids is 2. The highest BCUT2D eigenvalue weighted by atomic mass is 16.5. The van der Waals surface area contributed by atoms with E-state index in [4.69, 9.17) is 14.2 Å². The predicted molar refractivity (Wildman–Crippen MR) is 111 cm³/mol. The molecule has 0 spiro atoms. The smallest absolute Gasteiger partial charge is 0.310 e. The Balaban J connectivity index is 1.92. The van der Waals surface area contributed by atoms with Gasteiger partial charge in [0.05, 0.1) is 20.6 Å². The van der Waals surface area contributed by atoms with E-state index in [2.05, 4.69) is 0 Å². The van der Waals surface area contributed by atoms with Crippen molar-refractivity contribution >= 4 is 11.9 Å². The largest absolute Gasteiger partial charge is 0.493 e. The number of amides is 1. The van der Waals surface area contributed by atoms with Crippen molar-refractivity contribution in [3.63, 3.8) is 0 Å². The van der Waals surface area contributed by atoms with Crippen LogP contribution in [-0.2, 0) is 27.3 Å². The minimum Gasteiger partial charge on any atom is -0.493 e. The molecule has 0 unspecified atom stereocenters. The summed E-state index contributed by atoms with van der Waals surface area (Å²) in [4.78, 5) is 26.2. The van der Waals surface area contributed by atoms with Crippen LogP contribution in [0.1, 0.15) is 29.2 Å². The first-order chi connectivity index (χ1) is 13.9. The van der Waals surface area contributed by atoms with Crippen LogP contribution in [0.25, 0.3) is 0 Å². The summed E-state index contributed by atoms with van der Waals surface area (Å²) in [6, 6.07) is 11.4. The highest BCUT2D eigenvalue weighted by Gasteiger charge is 2.16. The zero-order valence-electron chi connectivity index (χ0n) is 17.8.